The van der Waals surface area contributed by atoms with Crippen molar-refractivity contribution in [3.8, 4) is 0 Å². The number of furan rings is 1. The first-order chi connectivity index (χ1) is 14.4. The molecule has 0 unspecified atom stereocenters. The molecular formula is C25H30O5. The van der Waals surface area contributed by atoms with E-state index in [2.05, 4.69) is 19.9 Å². The number of esters is 1. The number of aliphatic hydroxyl groups excluding tert-OH is 1. The van der Waals surface area contributed by atoms with Crippen molar-refractivity contribution in [3.63, 3.8) is 0 Å². The first kappa shape index (κ1) is 19.8. The monoisotopic (exact) mass is 410 g/mol. The lowest BCUT2D eigenvalue weighted by Crippen LogP contribution is -2.53. The Labute approximate surface area is 177 Å². The molecule has 1 aromatic rings. The summed E-state index contributed by atoms with van der Waals surface area (Å²) in [7, 11) is 0. The lowest BCUT2D eigenvalue weighted by atomic mass is 9.48. The second-order valence-corrected chi connectivity index (χ2v) is 10.0. The molecule has 7 atom stereocenters. The lowest BCUT2D eigenvalue weighted by molar-refractivity contribution is -0.113. The van der Waals surface area contributed by atoms with Crippen molar-refractivity contribution in [2.75, 3.05) is 6.61 Å². The zero-order valence-corrected chi connectivity index (χ0v) is 17.7. The third kappa shape index (κ3) is 2.71. The Bertz CT molecular complexity index is 912. The van der Waals surface area contributed by atoms with Crippen LogP contribution in [-0.4, -0.2) is 29.6 Å². The van der Waals surface area contributed by atoms with E-state index in [9.17, 15) is 14.7 Å². The van der Waals surface area contributed by atoms with Gasteiger partial charge in [0.15, 0.2) is 5.78 Å². The summed E-state index contributed by atoms with van der Waals surface area (Å²) in [5.41, 5.74) is 0.791. The summed E-state index contributed by atoms with van der Waals surface area (Å²) in [6.45, 7) is 4.45. The average Bonchev–Trinajstić information content (AvgIpc) is 3.36. The van der Waals surface area contributed by atoms with Gasteiger partial charge in [0.05, 0.1) is 12.9 Å². The summed E-state index contributed by atoms with van der Waals surface area (Å²) in [6.07, 6.45) is 11.6. The third-order valence-corrected chi connectivity index (χ3v) is 8.77. The van der Waals surface area contributed by atoms with Gasteiger partial charge in [0, 0.05) is 10.8 Å². The first-order valence-corrected chi connectivity index (χ1v) is 11.2. The predicted octanol–water partition coefficient (Wildman–Crippen LogP) is 4.33. The highest BCUT2D eigenvalue weighted by atomic mass is 16.6. The summed E-state index contributed by atoms with van der Waals surface area (Å²) < 4.78 is 11.2. The smallest absolute Gasteiger partial charge is 0.374 e. The van der Waals surface area contributed by atoms with E-state index in [-0.39, 0.29) is 35.6 Å². The van der Waals surface area contributed by atoms with Crippen molar-refractivity contribution in [3.05, 3.63) is 48.0 Å². The van der Waals surface area contributed by atoms with Gasteiger partial charge >= 0.3 is 5.97 Å². The number of ether oxygens (including phenoxy) is 1. The summed E-state index contributed by atoms with van der Waals surface area (Å²) in [6, 6.07) is 3.30. The summed E-state index contributed by atoms with van der Waals surface area (Å²) in [4.78, 5) is 24.6. The van der Waals surface area contributed by atoms with Crippen LogP contribution in [0.1, 0.15) is 56.5 Å². The van der Waals surface area contributed by atoms with Crippen LogP contribution < -0.4 is 0 Å². The van der Waals surface area contributed by atoms with Crippen LogP contribution in [0.15, 0.2) is 46.6 Å². The Hall–Kier alpha value is -2.14. The van der Waals surface area contributed by atoms with Crippen LogP contribution >= 0.6 is 0 Å². The largest absolute Gasteiger partial charge is 0.457 e. The molecular weight excluding hydrogens is 380 g/mol. The highest BCUT2D eigenvalue weighted by Crippen LogP contribution is 2.65. The van der Waals surface area contributed by atoms with E-state index in [0.717, 1.165) is 32.1 Å². The molecule has 1 N–H and O–H groups in total. The van der Waals surface area contributed by atoms with Crippen LogP contribution in [-0.2, 0) is 9.53 Å². The molecule has 0 aliphatic heterocycles. The van der Waals surface area contributed by atoms with Gasteiger partial charge in [-0.2, -0.15) is 0 Å². The summed E-state index contributed by atoms with van der Waals surface area (Å²) in [5.74, 6) is 1.29. The Kier molecular flexibility index (Phi) is 4.58. The Morgan fingerprint density at radius 3 is 2.90 bits per heavy atom. The quantitative estimate of drug-likeness (QED) is 0.751. The maximum Gasteiger partial charge on any atom is 0.374 e. The van der Waals surface area contributed by atoms with Gasteiger partial charge in [0.2, 0.25) is 5.76 Å². The number of allylic oxidation sites excluding steroid dienone is 4. The van der Waals surface area contributed by atoms with Crippen LogP contribution in [0.4, 0.5) is 0 Å². The number of ketones is 1. The molecule has 0 spiro atoms. The second kappa shape index (κ2) is 6.94. The molecule has 3 fully saturated rings. The van der Waals surface area contributed by atoms with Crippen molar-refractivity contribution in [1.82, 2.24) is 0 Å². The van der Waals surface area contributed by atoms with Crippen LogP contribution in [0.3, 0.4) is 0 Å². The van der Waals surface area contributed by atoms with Crippen molar-refractivity contribution in [2.45, 2.75) is 52.1 Å². The van der Waals surface area contributed by atoms with Gasteiger partial charge in [-0.3, -0.25) is 4.79 Å². The number of carbonyl (C=O) groups is 2. The molecule has 5 rings (SSSR count). The first-order valence-electron chi connectivity index (χ1n) is 11.2. The fourth-order valence-electron chi connectivity index (χ4n) is 7.38. The van der Waals surface area contributed by atoms with E-state index in [0.29, 0.717) is 17.8 Å². The van der Waals surface area contributed by atoms with E-state index >= 15 is 0 Å². The van der Waals surface area contributed by atoms with Crippen molar-refractivity contribution < 1.29 is 23.8 Å². The molecule has 5 nitrogen and oxygen atoms in total. The molecule has 0 bridgehead atoms. The molecule has 5 heteroatoms. The molecule has 30 heavy (non-hydrogen) atoms. The molecule has 0 aromatic carbocycles. The molecule has 0 radical (unpaired) electrons. The SMILES string of the molecule is C[C@@H]1C[C@H]2[C@@H]3CCC4=CC(=O)C=C[C@]4(C)[C@H]3CC[C@]2(CO)[C@@H]1OC(=O)c1ccco1. The predicted molar refractivity (Wildman–Crippen MR) is 110 cm³/mol. The van der Waals surface area contributed by atoms with E-state index in [4.69, 9.17) is 9.15 Å². The summed E-state index contributed by atoms with van der Waals surface area (Å²) in [5, 5.41) is 10.6. The maximum absolute atomic E-state index is 12.6. The number of rotatable bonds is 3. The Balaban J connectivity index is 1.45. The minimum absolute atomic E-state index is 0.0368. The standard InChI is InChI=1S/C25H30O5/c1-15-12-20-18-6-5-16-13-17(27)7-9-24(16,2)19(18)8-10-25(20,14-26)22(15)30-23(28)21-4-3-11-29-21/h3-4,7,9,11,13,15,18-20,22,26H,5-6,8,10,12,14H2,1-2H3/t15-,18-,19+,20+,22-,24+,25-/m1/s1. The van der Waals surface area contributed by atoms with Crippen LogP contribution in [0.25, 0.3) is 0 Å². The van der Waals surface area contributed by atoms with Gasteiger partial charge in [-0.25, -0.2) is 4.79 Å². The molecule has 160 valence electrons. The van der Waals surface area contributed by atoms with Gasteiger partial charge in [0.25, 0.3) is 0 Å². The molecule has 1 aromatic heterocycles. The Morgan fingerprint density at radius 1 is 1.33 bits per heavy atom. The zero-order chi connectivity index (χ0) is 21.1. The van der Waals surface area contributed by atoms with Gasteiger partial charge in [-0.1, -0.05) is 25.5 Å². The zero-order valence-electron chi connectivity index (χ0n) is 17.7. The normalized spacial score (nSPS) is 42.2. The topological polar surface area (TPSA) is 76.7 Å². The van der Waals surface area contributed by atoms with Crippen LogP contribution in [0.5, 0.6) is 0 Å². The molecule has 0 amide bonds. The van der Waals surface area contributed by atoms with Crippen molar-refractivity contribution >= 4 is 11.8 Å². The lowest BCUT2D eigenvalue weighted by Gasteiger charge is -2.57. The van der Waals surface area contributed by atoms with Crippen LogP contribution in [0, 0.1) is 34.5 Å². The minimum atomic E-state index is -0.443. The van der Waals surface area contributed by atoms with Gasteiger partial charge in [-0.05, 0) is 80.1 Å². The third-order valence-electron chi connectivity index (χ3n) is 8.77. The van der Waals surface area contributed by atoms with Gasteiger partial charge < -0.3 is 14.3 Å². The molecule has 0 saturated heterocycles. The number of carbonyl (C=O) groups excluding carboxylic acids is 2. The maximum atomic E-state index is 12.6. The number of fused-ring (bicyclic) bond motifs is 5. The fraction of sp³-hybridized carbons (Fsp3) is 0.600. The van der Waals surface area contributed by atoms with E-state index in [1.54, 1.807) is 18.2 Å². The average molecular weight is 411 g/mol. The second-order valence-electron chi connectivity index (χ2n) is 10.0. The van der Waals surface area contributed by atoms with Gasteiger partial charge in [0.1, 0.15) is 6.10 Å². The number of aliphatic hydroxyl groups is 1. The molecule has 1 heterocycles. The van der Waals surface area contributed by atoms with E-state index in [1.807, 2.05) is 6.08 Å². The Morgan fingerprint density at radius 2 is 2.17 bits per heavy atom. The van der Waals surface area contributed by atoms with Crippen LogP contribution in [0.2, 0.25) is 0 Å². The number of hydrogen-bond donors (Lipinski definition) is 1. The molecule has 3 saturated carbocycles. The molecule has 4 aliphatic rings. The highest BCUT2D eigenvalue weighted by molar-refractivity contribution is 6.01. The van der Waals surface area contributed by atoms with E-state index in [1.165, 1.54) is 11.8 Å². The minimum Gasteiger partial charge on any atom is -0.457 e. The summed E-state index contributed by atoms with van der Waals surface area (Å²) >= 11 is 0. The van der Waals surface area contributed by atoms with E-state index < -0.39 is 11.4 Å². The van der Waals surface area contributed by atoms with Crippen molar-refractivity contribution in [1.29, 1.82) is 0 Å². The highest BCUT2D eigenvalue weighted by Gasteiger charge is 2.63. The molecule has 4 aliphatic carbocycles. The van der Waals surface area contributed by atoms with Gasteiger partial charge in [-0.15, -0.1) is 0 Å². The van der Waals surface area contributed by atoms with Crippen molar-refractivity contribution in [2.24, 2.45) is 34.5 Å². The number of hydrogen-bond acceptors (Lipinski definition) is 5. The fourth-order valence-corrected chi connectivity index (χ4v) is 7.38.